The average molecular weight is 503 g/mol. The van der Waals surface area contributed by atoms with Crippen molar-refractivity contribution in [1.29, 1.82) is 0 Å². The van der Waals surface area contributed by atoms with E-state index in [1.54, 1.807) is 30.5 Å². The largest absolute Gasteiger partial charge is 0.368 e. The Morgan fingerprint density at radius 3 is 2.29 bits per heavy atom. The molecule has 0 bridgehead atoms. The molecule has 0 aliphatic heterocycles. The molecule has 0 spiro atoms. The number of nitrogens with two attached hydrogens (primary N) is 1. The molecule has 34 heavy (non-hydrogen) atoms. The third kappa shape index (κ3) is 5.78. The average Bonchev–Trinajstić information content (AvgIpc) is 3.20. The molecule has 2 aromatic carbocycles. The molecule has 11 heteroatoms. The fraction of sp³-hybridized carbons (Fsp3) is 0.348. The second-order valence-corrected chi connectivity index (χ2v) is 10.4. The summed E-state index contributed by atoms with van der Waals surface area (Å²) >= 11 is 1.46. The summed E-state index contributed by atoms with van der Waals surface area (Å²) in [4.78, 5) is 13.3. The Morgan fingerprint density at radius 2 is 1.71 bits per heavy atom. The first-order valence-corrected chi connectivity index (χ1v) is 13.5. The van der Waals surface area contributed by atoms with Crippen molar-refractivity contribution in [2.75, 3.05) is 24.1 Å². The summed E-state index contributed by atoms with van der Waals surface area (Å²) < 4.78 is 28.4. The molecule has 3 rings (SSSR count). The van der Waals surface area contributed by atoms with Crippen molar-refractivity contribution in [3.05, 3.63) is 60.2 Å². The lowest BCUT2D eigenvalue weighted by Gasteiger charge is -2.20. The molecule has 1 unspecified atom stereocenters. The highest BCUT2D eigenvalue weighted by molar-refractivity contribution is 7.98. The summed E-state index contributed by atoms with van der Waals surface area (Å²) in [5, 5.41) is 11.6. The number of benzene rings is 2. The van der Waals surface area contributed by atoms with Crippen molar-refractivity contribution in [3.8, 4) is 0 Å². The highest BCUT2D eigenvalue weighted by Gasteiger charge is 2.26. The molecule has 1 atom stereocenters. The van der Waals surface area contributed by atoms with Crippen molar-refractivity contribution in [1.82, 2.24) is 19.1 Å². The fourth-order valence-electron chi connectivity index (χ4n) is 3.54. The van der Waals surface area contributed by atoms with Crippen molar-refractivity contribution in [3.63, 3.8) is 0 Å². The minimum absolute atomic E-state index is 0.165. The van der Waals surface area contributed by atoms with Gasteiger partial charge in [-0.05, 0) is 36.2 Å². The predicted molar refractivity (Wildman–Crippen MR) is 135 cm³/mol. The molecule has 1 amide bonds. The molecule has 0 fully saturated rings. The zero-order valence-corrected chi connectivity index (χ0v) is 21.1. The van der Waals surface area contributed by atoms with Crippen LogP contribution < -0.4 is 11.1 Å². The maximum atomic E-state index is 13.1. The van der Waals surface area contributed by atoms with E-state index in [2.05, 4.69) is 15.5 Å². The SMILES string of the molecule is CCC(C(=O)Nc1ccc(S(=O)(=O)N(CC)CC)cc1)n1c(N)nnc1SCc1ccccc1. The number of carbonyl (C=O) groups is 1. The van der Waals surface area contributed by atoms with E-state index in [4.69, 9.17) is 5.73 Å². The van der Waals surface area contributed by atoms with Crippen LogP contribution >= 0.6 is 11.8 Å². The normalized spacial score (nSPS) is 12.6. The van der Waals surface area contributed by atoms with Gasteiger partial charge in [-0.2, -0.15) is 4.31 Å². The lowest BCUT2D eigenvalue weighted by molar-refractivity contribution is -0.119. The Labute approximate surface area is 204 Å². The minimum atomic E-state index is -3.56. The molecule has 3 N–H and O–H groups in total. The van der Waals surface area contributed by atoms with Crippen LogP contribution in [0.25, 0.3) is 0 Å². The monoisotopic (exact) mass is 502 g/mol. The number of anilines is 2. The summed E-state index contributed by atoms with van der Waals surface area (Å²) in [6.07, 6.45) is 0.474. The van der Waals surface area contributed by atoms with E-state index in [1.165, 1.54) is 28.2 Å². The van der Waals surface area contributed by atoms with Gasteiger partial charge in [-0.3, -0.25) is 9.36 Å². The third-order valence-corrected chi connectivity index (χ3v) is 8.45. The van der Waals surface area contributed by atoms with Crippen molar-refractivity contribution < 1.29 is 13.2 Å². The molecular formula is C23H30N6O3S2. The van der Waals surface area contributed by atoms with Crippen LogP contribution in [0.5, 0.6) is 0 Å². The van der Waals surface area contributed by atoms with Gasteiger partial charge in [-0.15, -0.1) is 10.2 Å². The number of sulfonamides is 1. The first-order valence-electron chi connectivity index (χ1n) is 11.1. The highest BCUT2D eigenvalue weighted by Crippen LogP contribution is 2.28. The van der Waals surface area contributed by atoms with Crippen LogP contribution in [0.3, 0.4) is 0 Å². The molecule has 9 nitrogen and oxygen atoms in total. The van der Waals surface area contributed by atoms with Gasteiger partial charge in [0.05, 0.1) is 4.90 Å². The number of rotatable bonds is 11. The van der Waals surface area contributed by atoms with Gasteiger partial charge in [0.15, 0.2) is 5.16 Å². The molecule has 0 aliphatic rings. The molecule has 0 saturated carbocycles. The summed E-state index contributed by atoms with van der Waals surface area (Å²) in [5.41, 5.74) is 7.68. The topological polar surface area (TPSA) is 123 Å². The maximum absolute atomic E-state index is 13.1. The van der Waals surface area contributed by atoms with Crippen molar-refractivity contribution >= 4 is 39.3 Å². The quantitative estimate of drug-likeness (QED) is 0.383. The fourth-order valence-corrected chi connectivity index (χ4v) is 5.94. The number of nitrogens with one attached hydrogen (secondary N) is 1. The van der Waals surface area contributed by atoms with E-state index in [0.29, 0.717) is 36.1 Å². The van der Waals surface area contributed by atoms with E-state index in [-0.39, 0.29) is 16.8 Å². The highest BCUT2D eigenvalue weighted by atomic mass is 32.2. The van der Waals surface area contributed by atoms with Gasteiger partial charge in [-0.1, -0.05) is 62.9 Å². The van der Waals surface area contributed by atoms with Crippen LogP contribution in [0.1, 0.15) is 38.8 Å². The van der Waals surface area contributed by atoms with Crippen LogP contribution in [0.2, 0.25) is 0 Å². The standard InChI is InChI=1S/C23H30N6O3S2/c1-4-20(29-22(24)26-27-23(29)33-16-17-10-8-7-9-11-17)21(30)25-18-12-14-19(15-13-18)34(31,32)28(5-2)6-3/h7-15,20H,4-6,16H2,1-3H3,(H2,24,26)(H,25,30). The van der Waals surface area contributed by atoms with Gasteiger partial charge >= 0.3 is 0 Å². The van der Waals surface area contributed by atoms with E-state index >= 15 is 0 Å². The van der Waals surface area contributed by atoms with Gasteiger partial charge < -0.3 is 11.1 Å². The Balaban J connectivity index is 1.75. The first-order chi connectivity index (χ1) is 16.3. The van der Waals surface area contributed by atoms with Crippen molar-refractivity contribution in [2.24, 2.45) is 0 Å². The van der Waals surface area contributed by atoms with Crippen LogP contribution in [0.4, 0.5) is 11.6 Å². The molecule has 3 aromatic rings. The molecule has 182 valence electrons. The van der Waals surface area contributed by atoms with Gasteiger partial charge in [-0.25, -0.2) is 8.42 Å². The summed E-state index contributed by atoms with van der Waals surface area (Å²) in [6.45, 7) is 6.25. The molecule has 0 radical (unpaired) electrons. The van der Waals surface area contributed by atoms with E-state index < -0.39 is 16.1 Å². The molecule has 1 aromatic heterocycles. The number of nitrogen functional groups attached to an aromatic ring is 1. The molecule has 0 aliphatic carbocycles. The lowest BCUT2D eigenvalue weighted by atomic mass is 10.2. The number of aromatic nitrogens is 3. The Kier molecular flexibility index (Phi) is 8.70. The number of amides is 1. The van der Waals surface area contributed by atoms with Crippen LogP contribution in [-0.4, -0.2) is 46.5 Å². The molecular weight excluding hydrogens is 472 g/mol. The lowest BCUT2D eigenvalue weighted by Crippen LogP contribution is -2.30. The summed E-state index contributed by atoms with van der Waals surface area (Å²) in [7, 11) is -3.56. The summed E-state index contributed by atoms with van der Waals surface area (Å²) in [5.74, 6) is 0.549. The number of hydrogen-bond donors (Lipinski definition) is 2. The maximum Gasteiger partial charge on any atom is 0.247 e. The second-order valence-electron chi connectivity index (χ2n) is 7.51. The van der Waals surface area contributed by atoms with Gasteiger partial charge in [0, 0.05) is 24.5 Å². The van der Waals surface area contributed by atoms with Crippen molar-refractivity contribution in [2.45, 2.75) is 49.0 Å². The molecule has 1 heterocycles. The summed E-state index contributed by atoms with van der Waals surface area (Å²) in [6, 6.07) is 15.5. The van der Waals surface area contributed by atoms with Crippen LogP contribution in [0, 0.1) is 0 Å². The van der Waals surface area contributed by atoms with Gasteiger partial charge in [0.1, 0.15) is 6.04 Å². The number of nitrogens with zero attached hydrogens (tertiary/aromatic N) is 4. The molecule has 0 saturated heterocycles. The van der Waals surface area contributed by atoms with Gasteiger partial charge in [0.25, 0.3) is 0 Å². The second kappa shape index (κ2) is 11.5. The first kappa shape index (κ1) is 25.7. The minimum Gasteiger partial charge on any atom is -0.368 e. The Hall–Kier alpha value is -2.89. The zero-order chi connectivity index (χ0) is 24.7. The van der Waals surface area contributed by atoms with Crippen LogP contribution in [0.15, 0.2) is 64.6 Å². The number of hydrogen-bond acceptors (Lipinski definition) is 7. The zero-order valence-electron chi connectivity index (χ0n) is 19.5. The van der Waals surface area contributed by atoms with Gasteiger partial charge in [0.2, 0.25) is 21.9 Å². The number of thioether (sulfide) groups is 1. The van der Waals surface area contributed by atoms with Crippen LogP contribution in [-0.2, 0) is 20.6 Å². The van der Waals surface area contributed by atoms with E-state index in [0.717, 1.165) is 5.56 Å². The smallest absolute Gasteiger partial charge is 0.247 e. The van der Waals surface area contributed by atoms with E-state index in [1.807, 2.05) is 37.3 Å². The predicted octanol–water partition coefficient (Wildman–Crippen LogP) is 3.77. The third-order valence-electron chi connectivity index (χ3n) is 5.37. The number of carbonyl (C=O) groups excluding carboxylic acids is 1. The Bertz CT molecular complexity index is 1190. The Morgan fingerprint density at radius 1 is 1.06 bits per heavy atom. The van der Waals surface area contributed by atoms with E-state index in [9.17, 15) is 13.2 Å².